The molecule has 0 spiro atoms. The van der Waals surface area contributed by atoms with Crippen molar-refractivity contribution >= 4 is 11.7 Å². The third-order valence-corrected chi connectivity index (χ3v) is 3.32. The molecule has 0 aliphatic rings. The quantitative estimate of drug-likeness (QED) is 0.761. The maximum Gasteiger partial charge on any atom is 0.363 e. The van der Waals surface area contributed by atoms with Crippen molar-refractivity contribution in [3.63, 3.8) is 0 Å². The van der Waals surface area contributed by atoms with Crippen LogP contribution in [0.4, 0.5) is 5.69 Å². The van der Waals surface area contributed by atoms with E-state index in [0.717, 1.165) is 5.69 Å². The van der Waals surface area contributed by atoms with Crippen LogP contribution in [0.25, 0.3) is 0 Å². The normalized spacial score (nSPS) is 10.5. The molecule has 3 nitrogen and oxygen atoms in total. The van der Waals surface area contributed by atoms with E-state index in [9.17, 15) is 4.79 Å². The number of carbonyl (C=O) groups excluding carboxylic acids is 1. The van der Waals surface area contributed by atoms with Gasteiger partial charge in [0.05, 0.1) is 17.8 Å². The average Bonchev–Trinajstić information content (AvgIpc) is 2.53. The van der Waals surface area contributed by atoms with E-state index in [1.807, 2.05) is 43.3 Å². The molecule has 21 heavy (non-hydrogen) atoms. The Morgan fingerprint density at radius 3 is 2.29 bits per heavy atom. The van der Waals surface area contributed by atoms with Crippen LogP contribution >= 0.6 is 0 Å². The third kappa shape index (κ3) is 3.63. The number of carbonyl (C=O) groups is 1. The molecule has 0 aromatic heterocycles. The van der Waals surface area contributed by atoms with E-state index in [1.165, 1.54) is 5.56 Å². The van der Waals surface area contributed by atoms with E-state index in [1.54, 1.807) is 17.2 Å². The van der Waals surface area contributed by atoms with E-state index in [2.05, 4.69) is 19.9 Å². The Balaban J connectivity index is 2.23. The Morgan fingerprint density at radius 1 is 1.05 bits per heavy atom. The molecule has 0 saturated carbocycles. The summed E-state index contributed by atoms with van der Waals surface area (Å²) in [5, 5.41) is 1.66. The van der Waals surface area contributed by atoms with Crippen LogP contribution in [-0.4, -0.2) is 12.5 Å². The molecule has 2 rings (SSSR count). The second-order valence-electron chi connectivity index (χ2n) is 5.15. The zero-order valence-electron chi connectivity index (χ0n) is 12.7. The minimum Gasteiger partial charge on any atom is -0.335 e. The lowest BCUT2D eigenvalue weighted by Gasteiger charge is -2.25. The summed E-state index contributed by atoms with van der Waals surface area (Å²) in [6.45, 7) is 6.83. The van der Waals surface area contributed by atoms with E-state index >= 15 is 0 Å². The molecule has 0 N–H and O–H groups in total. The van der Waals surface area contributed by atoms with E-state index in [4.69, 9.17) is 4.84 Å². The molecule has 0 amide bonds. The average molecular weight is 283 g/mol. The first-order valence-corrected chi connectivity index (χ1v) is 7.27. The smallest absolute Gasteiger partial charge is 0.335 e. The molecular weight excluding hydrogens is 262 g/mol. The fraction of sp³-hybridized carbons (Fsp3) is 0.278. The number of anilines is 1. The number of hydrogen-bond acceptors (Lipinski definition) is 3. The van der Waals surface area contributed by atoms with Gasteiger partial charge in [-0.1, -0.05) is 50.2 Å². The predicted molar refractivity (Wildman–Crippen MR) is 85.4 cm³/mol. The second-order valence-corrected chi connectivity index (χ2v) is 5.15. The van der Waals surface area contributed by atoms with Crippen LogP contribution in [0.3, 0.4) is 0 Å². The highest BCUT2D eigenvalue weighted by atomic mass is 16.7. The van der Waals surface area contributed by atoms with Gasteiger partial charge < -0.3 is 4.84 Å². The first-order valence-electron chi connectivity index (χ1n) is 7.27. The van der Waals surface area contributed by atoms with Gasteiger partial charge in [-0.05, 0) is 36.6 Å². The maximum atomic E-state index is 12.2. The van der Waals surface area contributed by atoms with Crippen molar-refractivity contribution in [1.82, 2.24) is 0 Å². The van der Waals surface area contributed by atoms with Crippen molar-refractivity contribution in [2.24, 2.45) is 0 Å². The largest absolute Gasteiger partial charge is 0.363 e. The number of rotatable bonds is 5. The van der Waals surface area contributed by atoms with Gasteiger partial charge >= 0.3 is 5.97 Å². The molecule has 3 heteroatoms. The highest BCUT2D eigenvalue weighted by Gasteiger charge is 2.17. The van der Waals surface area contributed by atoms with E-state index < -0.39 is 0 Å². The summed E-state index contributed by atoms with van der Waals surface area (Å²) in [6, 6.07) is 17.1. The molecule has 0 heterocycles. The first kappa shape index (κ1) is 15.1. The molecule has 0 fully saturated rings. The van der Waals surface area contributed by atoms with Crippen molar-refractivity contribution in [2.45, 2.75) is 26.7 Å². The summed E-state index contributed by atoms with van der Waals surface area (Å²) in [6.07, 6.45) is 0. The summed E-state index contributed by atoms with van der Waals surface area (Å²) < 4.78 is 0. The molecule has 0 aliphatic heterocycles. The standard InChI is InChI=1S/C18H21NO2/c1-4-19(17-13-9-8-12-16(17)14(2)3)21-18(20)15-10-6-5-7-11-15/h5-14H,4H2,1-3H3. The Morgan fingerprint density at radius 2 is 1.67 bits per heavy atom. The fourth-order valence-corrected chi connectivity index (χ4v) is 2.21. The molecule has 0 unspecified atom stereocenters. The lowest BCUT2D eigenvalue weighted by atomic mass is 10.0. The Kier molecular flexibility index (Phi) is 4.99. The van der Waals surface area contributed by atoms with Crippen LogP contribution in [0.15, 0.2) is 54.6 Å². The van der Waals surface area contributed by atoms with Crippen molar-refractivity contribution in [1.29, 1.82) is 0 Å². The van der Waals surface area contributed by atoms with E-state index in [0.29, 0.717) is 18.0 Å². The highest BCUT2D eigenvalue weighted by molar-refractivity contribution is 5.90. The summed E-state index contributed by atoms with van der Waals surface area (Å²) in [5.74, 6) is 0.0293. The monoisotopic (exact) mass is 283 g/mol. The van der Waals surface area contributed by atoms with Crippen molar-refractivity contribution < 1.29 is 9.63 Å². The minimum absolute atomic E-state index is 0.337. The van der Waals surface area contributed by atoms with Crippen molar-refractivity contribution in [3.05, 3.63) is 65.7 Å². The lowest BCUT2D eigenvalue weighted by Crippen LogP contribution is -2.28. The molecule has 2 aromatic rings. The number of hydrogen-bond donors (Lipinski definition) is 0. The summed E-state index contributed by atoms with van der Waals surface area (Å²) >= 11 is 0. The van der Waals surface area contributed by atoms with Crippen LogP contribution in [0.2, 0.25) is 0 Å². The van der Waals surface area contributed by atoms with Crippen LogP contribution in [-0.2, 0) is 4.84 Å². The van der Waals surface area contributed by atoms with Gasteiger partial charge in [0.1, 0.15) is 0 Å². The lowest BCUT2D eigenvalue weighted by molar-refractivity contribution is 0.0455. The van der Waals surface area contributed by atoms with Gasteiger partial charge in [-0.2, -0.15) is 0 Å². The highest BCUT2D eigenvalue weighted by Crippen LogP contribution is 2.27. The summed E-state index contributed by atoms with van der Waals surface area (Å²) in [7, 11) is 0. The van der Waals surface area contributed by atoms with Gasteiger partial charge in [-0.3, -0.25) is 0 Å². The molecular formula is C18H21NO2. The van der Waals surface area contributed by atoms with Gasteiger partial charge in [0.15, 0.2) is 0 Å². The number of nitrogens with zero attached hydrogens (tertiary/aromatic N) is 1. The van der Waals surface area contributed by atoms with Gasteiger partial charge in [-0.15, -0.1) is 0 Å². The topological polar surface area (TPSA) is 29.5 Å². The Hall–Kier alpha value is -2.29. The summed E-state index contributed by atoms with van der Waals surface area (Å²) in [4.78, 5) is 17.8. The second kappa shape index (κ2) is 6.93. The molecule has 0 bridgehead atoms. The van der Waals surface area contributed by atoms with Crippen LogP contribution in [0.1, 0.15) is 42.6 Å². The minimum atomic E-state index is -0.337. The molecule has 110 valence electrons. The molecule has 0 aliphatic carbocycles. The van der Waals surface area contributed by atoms with Gasteiger partial charge in [-0.25, -0.2) is 9.86 Å². The van der Waals surface area contributed by atoms with Crippen molar-refractivity contribution in [3.8, 4) is 0 Å². The van der Waals surface area contributed by atoms with Gasteiger partial charge in [0.2, 0.25) is 0 Å². The van der Waals surface area contributed by atoms with Crippen molar-refractivity contribution in [2.75, 3.05) is 11.6 Å². The molecule has 2 aromatic carbocycles. The SMILES string of the molecule is CCN(OC(=O)c1ccccc1)c1ccccc1C(C)C. The van der Waals surface area contributed by atoms with Crippen LogP contribution in [0, 0.1) is 0 Å². The summed E-state index contributed by atoms with van der Waals surface area (Å²) in [5.41, 5.74) is 2.66. The first-order chi connectivity index (χ1) is 10.1. The number of benzene rings is 2. The number of para-hydroxylation sites is 1. The Labute approximate surface area is 126 Å². The zero-order chi connectivity index (χ0) is 15.2. The van der Waals surface area contributed by atoms with E-state index in [-0.39, 0.29) is 5.97 Å². The zero-order valence-corrected chi connectivity index (χ0v) is 12.7. The van der Waals surface area contributed by atoms with Crippen LogP contribution in [0.5, 0.6) is 0 Å². The third-order valence-electron chi connectivity index (χ3n) is 3.32. The molecule has 0 atom stereocenters. The van der Waals surface area contributed by atoms with Gasteiger partial charge in [0, 0.05) is 0 Å². The fourth-order valence-electron chi connectivity index (χ4n) is 2.21. The molecule has 0 radical (unpaired) electrons. The van der Waals surface area contributed by atoms with Gasteiger partial charge in [0.25, 0.3) is 0 Å². The maximum absolute atomic E-state index is 12.2. The molecule has 0 saturated heterocycles. The Bertz CT molecular complexity index is 593. The predicted octanol–water partition coefficient (Wildman–Crippen LogP) is 4.41. The van der Waals surface area contributed by atoms with Crippen LogP contribution < -0.4 is 5.06 Å². The number of hydroxylamine groups is 1.